The van der Waals surface area contributed by atoms with E-state index in [1.54, 1.807) is 12.1 Å². The molecule has 0 amide bonds. The highest BCUT2D eigenvalue weighted by Crippen LogP contribution is 2.21. The Morgan fingerprint density at radius 2 is 1.88 bits per heavy atom. The van der Waals surface area contributed by atoms with Crippen molar-refractivity contribution in [3.8, 4) is 11.1 Å². The summed E-state index contributed by atoms with van der Waals surface area (Å²) in [7, 11) is 0. The molecule has 1 aromatic heterocycles. The molecule has 0 spiro atoms. The molecule has 84 valence electrons. The average molecular weight is 225 g/mol. The van der Waals surface area contributed by atoms with Gasteiger partial charge in [0.2, 0.25) is 0 Å². The molecule has 2 aromatic rings. The van der Waals surface area contributed by atoms with Gasteiger partial charge in [0.05, 0.1) is 5.69 Å². The lowest BCUT2D eigenvalue weighted by Crippen LogP contribution is -2.01. The second kappa shape index (κ2) is 4.61. The van der Waals surface area contributed by atoms with E-state index in [0.717, 1.165) is 11.1 Å². The summed E-state index contributed by atoms with van der Waals surface area (Å²) in [5.74, 6) is -1.04. The van der Waals surface area contributed by atoms with E-state index in [4.69, 9.17) is 5.11 Å². The first-order valence-electron chi connectivity index (χ1n) is 5.14. The summed E-state index contributed by atoms with van der Waals surface area (Å²) in [6.45, 7) is 3.61. The number of aromatic nitrogens is 1. The predicted molar refractivity (Wildman–Crippen MR) is 66.7 cm³/mol. The van der Waals surface area contributed by atoms with Gasteiger partial charge in [-0.15, -0.1) is 0 Å². The van der Waals surface area contributed by atoms with Crippen molar-refractivity contribution in [1.29, 1.82) is 0 Å². The van der Waals surface area contributed by atoms with Crippen molar-refractivity contribution in [2.45, 2.75) is 0 Å². The van der Waals surface area contributed by atoms with Gasteiger partial charge in [-0.1, -0.05) is 36.9 Å². The molecule has 0 unspecified atom stereocenters. The normalized spacial score (nSPS) is 9.88. The highest BCUT2D eigenvalue weighted by atomic mass is 16.4. The van der Waals surface area contributed by atoms with Gasteiger partial charge in [-0.05, 0) is 29.3 Å². The molecule has 17 heavy (non-hydrogen) atoms. The van der Waals surface area contributed by atoms with Gasteiger partial charge < -0.3 is 5.11 Å². The van der Waals surface area contributed by atoms with Gasteiger partial charge in [0.1, 0.15) is 5.69 Å². The van der Waals surface area contributed by atoms with E-state index in [-0.39, 0.29) is 5.69 Å². The summed E-state index contributed by atoms with van der Waals surface area (Å²) >= 11 is 0. The van der Waals surface area contributed by atoms with Crippen LogP contribution < -0.4 is 0 Å². The number of aromatic carboxylic acids is 1. The molecule has 1 aromatic carbocycles. The number of nitrogens with zero attached hydrogens (tertiary/aromatic N) is 1. The maximum absolute atomic E-state index is 11.0. The lowest BCUT2D eigenvalue weighted by Gasteiger charge is -2.04. The molecule has 3 nitrogen and oxygen atoms in total. The van der Waals surface area contributed by atoms with E-state index in [1.165, 1.54) is 0 Å². The van der Waals surface area contributed by atoms with E-state index in [9.17, 15) is 4.79 Å². The fourth-order valence-electron chi connectivity index (χ4n) is 1.56. The smallest absolute Gasteiger partial charge is 0.354 e. The second-order valence-corrected chi connectivity index (χ2v) is 3.54. The summed E-state index contributed by atoms with van der Waals surface area (Å²) in [5, 5.41) is 8.98. The van der Waals surface area contributed by atoms with Gasteiger partial charge in [0.25, 0.3) is 0 Å². The Bertz CT molecular complexity index is 562. The highest BCUT2D eigenvalue weighted by molar-refractivity contribution is 5.87. The number of benzene rings is 1. The number of carbonyl (C=O) groups is 1. The van der Waals surface area contributed by atoms with Crippen LogP contribution in [-0.4, -0.2) is 16.1 Å². The number of rotatable bonds is 3. The van der Waals surface area contributed by atoms with Crippen molar-refractivity contribution in [3.05, 3.63) is 60.4 Å². The summed E-state index contributed by atoms with van der Waals surface area (Å²) in [6, 6.07) is 13.0. The third-order valence-corrected chi connectivity index (χ3v) is 2.38. The molecule has 1 heterocycles. The van der Waals surface area contributed by atoms with Gasteiger partial charge in [-0.25, -0.2) is 9.78 Å². The number of hydrogen-bond donors (Lipinski definition) is 1. The Morgan fingerprint density at radius 1 is 1.18 bits per heavy atom. The van der Waals surface area contributed by atoms with E-state index in [2.05, 4.69) is 11.6 Å². The van der Waals surface area contributed by atoms with Crippen LogP contribution >= 0.6 is 0 Å². The van der Waals surface area contributed by atoms with Crippen LogP contribution in [0.1, 0.15) is 16.2 Å². The summed E-state index contributed by atoms with van der Waals surface area (Å²) in [5.41, 5.74) is 2.37. The van der Waals surface area contributed by atoms with Crippen LogP contribution in [0.15, 0.2) is 49.0 Å². The molecule has 0 bridgehead atoms. The SMILES string of the molecule is C=Cc1cc(-c2ccccc2)cc(C(=O)O)n1. The molecule has 0 aliphatic rings. The minimum atomic E-state index is -1.04. The zero-order valence-corrected chi connectivity index (χ0v) is 9.13. The molecular formula is C14H11NO2. The van der Waals surface area contributed by atoms with Gasteiger partial charge in [-0.2, -0.15) is 0 Å². The fraction of sp³-hybridized carbons (Fsp3) is 0. The van der Waals surface area contributed by atoms with Crippen molar-refractivity contribution >= 4 is 12.0 Å². The maximum Gasteiger partial charge on any atom is 0.354 e. The fourth-order valence-corrected chi connectivity index (χ4v) is 1.56. The number of carboxylic acids is 1. The van der Waals surface area contributed by atoms with Crippen LogP contribution in [0.3, 0.4) is 0 Å². The molecule has 0 radical (unpaired) electrons. The van der Waals surface area contributed by atoms with Crippen molar-refractivity contribution in [1.82, 2.24) is 4.98 Å². The molecular weight excluding hydrogens is 214 g/mol. The minimum Gasteiger partial charge on any atom is -0.477 e. The van der Waals surface area contributed by atoms with Gasteiger partial charge in [-0.3, -0.25) is 0 Å². The number of carboxylic acid groups (broad SMARTS) is 1. The van der Waals surface area contributed by atoms with Crippen molar-refractivity contribution in [2.24, 2.45) is 0 Å². The van der Waals surface area contributed by atoms with Crippen molar-refractivity contribution < 1.29 is 9.90 Å². The van der Waals surface area contributed by atoms with Crippen LogP contribution in [0.25, 0.3) is 17.2 Å². The van der Waals surface area contributed by atoms with Crippen molar-refractivity contribution in [2.75, 3.05) is 0 Å². The minimum absolute atomic E-state index is 0.0289. The zero-order chi connectivity index (χ0) is 12.3. The van der Waals surface area contributed by atoms with Crippen LogP contribution in [0.4, 0.5) is 0 Å². The molecule has 0 saturated heterocycles. The van der Waals surface area contributed by atoms with E-state index >= 15 is 0 Å². The average Bonchev–Trinajstić information content (AvgIpc) is 2.39. The highest BCUT2D eigenvalue weighted by Gasteiger charge is 2.08. The van der Waals surface area contributed by atoms with Crippen LogP contribution in [0.5, 0.6) is 0 Å². The lowest BCUT2D eigenvalue weighted by molar-refractivity contribution is 0.0690. The maximum atomic E-state index is 11.0. The first-order valence-corrected chi connectivity index (χ1v) is 5.14. The summed E-state index contributed by atoms with van der Waals surface area (Å²) in [4.78, 5) is 14.9. The van der Waals surface area contributed by atoms with Crippen molar-refractivity contribution in [3.63, 3.8) is 0 Å². The molecule has 3 heteroatoms. The molecule has 0 atom stereocenters. The molecule has 0 saturated carbocycles. The third-order valence-electron chi connectivity index (χ3n) is 2.38. The monoisotopic (exact) mass is 225 g/mol. The number of pyridine rings is 1. The van der Waals surface area contributed by atoms with E-state index < -0.39 is 5.97 Å². The number of hydrogen-bond acceptors (Lipinski definition) is 2. The lowest BCUT2D eigenvalue weighted by atomic mass is 10.0. The zero-order valence-electron chi connectivity index (χ0n) is 9.13. The Morgan fingerprint density at radius 3 is 2.47 bits per heavy atom. The van der Waals surface area contributed by atoms with E-state index in [0.29, 0.717) is 5.69 Å². The quantitative estimate of drug-likeness (QED) is 0.873. The topological polar surface area (TPSA) is 50.2 Å². The largest absolute Gasteiger partial charge is 0.477 e. The van der Waals surface area contributed by atoms with Gasteiger partial charge >= 0.3 is 5.97 Å². The third kappa shape index (κ3) is 2.39. The molecule has 0 fully saturated rings. The first-order chi connectivity index (χ1) is 8.20. The van der Waals surface area contributed by atoms with Crippen LogP contribution in [0, 0.1) is 0 Å². The summed E-state index contributed by atoms with van der Waals surface area (Å²) < 4.78 is 0. The standard InChI is InChI=1S/C14H11NO2/c1-2-12-8-11(9-13(15-12)14(16)17)10-6-4-3-5-7-10/h2-9H,1H2,(H,16,17). The summed E-state index contributed by atoms with van der Waals surface area (Å²) in [6.07, 6.45) is 1.54. The Balaban J connectivity index is 2.58. The van der Waals surface area contributed by atoms with Gasteiger partial charge in [0, 0.05) is 0 Å². The predicted octanol–water partition coefficient (Wildman–Crippen LogP) is 3.09. The Labute approximate surface area is 99.1 Å². The Hall–Kier alpha value is -2.42. The first kappa shape index (κ1) is 11.1. The van der Waals surface area contributed by atoms with Gasteiger partial charge in [0.15, 0.2) is 0 Å². The molecule has 2 rings (SSSR count). The molecule has 1 N–H and O–H groups in total. The molecule has 0 aliphatic carbocycles. The van der Waals surface area contributed by atoms with Crippen LogP contribution in [0.2, 0.25) is 0 Å². The molecule has 0 aliphatic heterocycles. The second-order valence-electron chi connectivity index (χ2n) is 3.54. The van der Waals surface area contributed by atoms with E-state index in [1.807, 2.05) is 36.4 Å². The Kier molecular flexibility index (Phi) is 3.01. The van der Waals surface area contributed by atoms with Crippen LogP contribution in [-0.2, 0) is 0 Å².